The van der Waals surface area contributed by atoms with E-state index in [9.17, 15) is 14.4 Å². The quantitative estimate of drug-likeness (QED) is 0.586. The van der Waals surface area contributed by atoms with Crippen molar-refractivity contribution in [2.24, 2.45) is 0 Å². The van der Waals surface area contributed by atoms with Gasteiger partial charge in [-0.1, -0.05) is 30.7 Å². The van der Waals surface area contributed by atoms with Gasteiger partial charge in [0.2, 0.25) is 11.8 Å². The lowest BCUT2D eigenvalue weighted by molar-refractivity contribution is -0.123. The topological polar surface area (TPSA) is 90.5 Å². The summed E-state index contributed by atoms with van der Waals surface area (Å²) in [5.74, 6) is -0.786. The second-order valence-electron chi connectivity index (χ2n) is 6.31. The number of hydrogen-bond acceptors (Lipinski definition) is 4. The van der Waals surface area contributed by atoms with Crippen molar-refractivity contribution in [1.29, 1.82) is 0 Å². The Labute approximate surface area is 175 Å². The molecule has 0 saturated heterocycles. The fourth-order valence-corrected chi connectivity index (χ4v) is 2.78. The Morgan fingerprint density at radius 3 is 2.21 bits per heavy atom. The molecule has 0 saturated carbocycles. The van der Waals surface area contributed by atoms with Gasteiger partial charge in [-0.05, 0) is 49.9 Å². The number of carbonyl (C=O) groups is 3. The van der Waals surface area contributed by atoms with Crippen LogP contribution < -0.4 is 16.0 Å². The van der Waals surface area contributed by atoms with E-state index in [4.69, 9.17) is 11.6 Å². The van der Waals surface area contributed by atoms with E-state index in [1.807, 2.05) is 13.8 Å². The number of benzene rings is 2. The largest absolute Gasteiger partial charge is 0.355 e. The fourth-order valence-electron chi connectivity index (χ4n) is 2.65. The molecule has 0 aromatic heterocycles. The van der Waals surface area contributed by atoms with Gasteiger partial charge in [0, 0.05) is 17.3 Å². The highest BCUT2D eigenvalue weighted by molar-refractivity contribution is 6.30. The van der Waals surface area contributed by atoms with Crippen molar-refractivity contribution in [2.45, 2.75) is 13.8 Å². The zero-order chi connectivity index (χ0) is 21.2. The molecule has 3 amide bonds. The molecule has 8 heteroatoms. The van der Waals surface area contributed by atoms with Gasteiger partial charge in [0.15, 0.2) is 0 Å². The number of rotatable bonds is 9. The molecular weight excluding hydrogens is 392 g/mol. The number of halogens is 1. The van der Waals surface area contributed by atoms with Gasteiger partial charge >= 0.3 is 0 Å². The van der Waals surface area contributed by atoms with Crippen LogP contribution >= 0.6 is 11.6 Å². The smallest absolute Gasteiger partial charge is 0.257 e. The average Bonchev–Trinajstić information content (AvgIpc) is 2.69. The van der Waals surface area contributed by atoms with E-state index < -0.39 is 0 Å². The molecule has 0 aliphatic heterocycles. The summed E-state index contributed by atoms with van der Waals surface area (Å²) in [5.41, 5.74) is 1.33. The number of nitrogens with one attached hydrogen (secondary N) is 3. The standard InChI is InChI=1S/C21H25ClN4O3/c1-3-23-19(27)13-26(4-2)14-20(28)25-18-8-6-5-7-17(18)21(29)24-16-11-9-15(22)10-12-16/h5-12H,3-4,13-14H2,1-2H3,(H,23,27)(H,24,29)(H,25,28). The van der Waals surface area contributed by atoms with E-state index in [0.717, 1.165) is 0 Å². The van der Waals surface area contributed by atoms with Gasteiger partial charge in [-0.25, -0.2) is 0 Å². The highest BCUT2D eigenvalue weighted by Gasteiger charge is 2.16. The first kappa shape index (κ1) is 22.4. The summed E-state index contributed by atoms with van der Waals surface area (Å²) in [6, 6.07) is 13.5. The number of para-hydroxylation sites is 1. The van der Waals surface area contributed by atoms with Crippen LogP contribution in [0.15, 0.2) is 48.5 Å². The summed E-state index contributed by atoms with van der Waals surface area (Å²) in [6.07, 6.45) is 0. The Hall–Kier alpha value is -2.90. The fraction of sp³-hybridized carbons (Fsp3) is 0.286. The van der Waals surface area contributed by atoms with Gasteiger partial charge in [0.05, 0.1) is 24.3 Å². The van der Waals surface area contributed by atoms with Crippen LogP contribution in [0.25, 0.3) is 0 Å². The first-order valence-corrected chi connectivity index (χ1v) is 9.75. The Kier molecular flexibility index (Phi) is 8.64. The van der Waals surface area contributed by atoms with Crippen molar-refractivity contribution >= 4 is 40.7 Å². The van der Waals surface area contributed by atoms with Crippen molar-refractivity contribution in [3.8, 4) is 0 Å². The number of anilines is 2. The van der Waals surface area contributed by atoms with Crippen LogP contribution in [0.1, 0.15) is 24.2 Å². The summed E-state index contributed by atoms with van der Waals surface area (Å²) < 4.78 is 0. The number of carbonyl (C=O) groups excluding carboxylic acids is 3. The predicted octanol–water partition coefficient (Wildman–Crippen LogP) is 2.99. The maximum atomic E-state index is 12.6. The number of nitrogens with zero attached hydrogens (tertiary/aromatic N) is 1. The second-order valence-corrected chi connectivity index (χ2v) is 6.75. The highest BCUT2D eigenvalue weighted by Crippen LogP contribution is 2.19. The molecule has 2 aromatic carbocycles. The minimum atomic E-state index is -0.349. The van der Waals surface area contributed by atoms with Gasteiger partial charge in [-0.2, -0.15) is 0 Å². The first-order valence-electron chi connectivity index (χ1n) is 9.37. The second kappa shape index (κ2) is 11.2. The van der Waals surface area contributed by atoms with Crippen molar-refractivity contribution in [3.63, 3.8) is 0 Å². The minimum absolute atomic E-state index is 0.0424. The monoisotopic (exact) mass is 416 g/mol. The average molecular weight is 417 g/mol. The van der Waals surface area contributed by atoms with Crippen LogP contribution in [0.3, 0.4) is 0 Å². The van der Waals surface area contributed by atoms with Crippen molar-refractivity contribution < 1.29 is 14.4 Å². The Balaban J connectivity index is 2.03. The van der Waals surface area contributed by atoms with Gasteiger partial charge in [0.25, 0.3) is 5.91 Å². The molecule has 0 fully saturated rings. The molecule has 29 heavy (non-hydrogen) atoms. The normalized spacial score (nSPS) is 10.5. The SMILES string of the molecule is CCNC(=O)CN(CC)CC(=O)Nc1ccccc1C(=O)Nc1ccc(Cl)cc1. The molecule has 0 heterocycles. The van der Waals surface area contributed by atoms with Gasteiger partial charge in [-0.3, -0.25) is 19.3 Å². The molecular formula is C21H25ClN4O3. The molecule has 3 N–H and O–H groups in total. The van der Waals surface area contributed by atoms with Crippen LogP contribution in [0.2, 0.25) is 5.02 Å². The third kappa shape index (κ3) is 7.21. The Morgan fingerprint density at radius 2 is 1.55 bits per heavy atom. The summed E-state index contributed by atoms with van der Waals surface area (Å²) in [4.78, 5) is 38.6. The summed E-state index contributed by atoms with van der Waals surface area (Å²) >= 11 is 5.86. The van der Waals surface area contributed by atoms with Crippen molar-refractivity contribution in [1.82, 2.24) is 10.2 Å². The first-order chi connectivity index (χ1) is 13.9. The molecule has 0 spiro atoms. The van der Waals surface area contributed by atoms with Crippen LogP contribution in [-0.4, -0.2) is 48.8 Å². The Morgan fingerprint density at radius 1 is 0.897 bits per heavy atom. The molecule has 0 unspecified atom stereocenters. The van der Waals surface area contributed by atoms with E-state index in [2.05, 4.69) is 16.0 Å². The van der Waals surface area contributed by atoms with Crippen molar-refractivity contribution in [3.05, 3.63) is 59.1 Å². The molecule has 0 aliphatic rings. The summed E-state index contributed by atoms with van der Waals surface area (Å²) in [7, 11) is 0. The maximum absolute atomic E-state index is 12.6. The third-order valence-electron chi connectivity index (χ3n) is 4.10. The lowest BCUT2D eigenvalue weighted by atomic mass is 10.1. The molecule has 0 atom stereocenters. The van der Waals surface area contributed by atoms with E-state index in [1.165, 1.54) is 0 Å². The molecule has 0 bridgehead atoms. The number of hydrogen-bond donors (Lipinski definition) is 3. The molecule has 0 aliphatic carbocycles. The van der Waals surface area contributed by atoms with Crippen LogP contribution in [-0.2, 0) is 9.59 Å². The lowest BCUT2D eigenvalue weighted by Crippen LogP contribution is -2.41. The van der Waals surface area contributed by atoms with Gasteiger partial charge < -0.3 is 16.0 Å². The van der Waals surface area contributed by atoms with E-state index in [0.29, 0.717) is 35.1 Å². The lowest BCUT2D eigenvalue weighted by Gasteiger charge is -2.19. The minimum Gasteiger partial charge on any atom is -0.355 e. The number of amides is 3. The summed E-state index contributed by atoms with van der Waals surface area (Å²) in [6.45, 7) is 4.98. The maximum Gasteiger partial charge on any atom is 0.257 e. The molecule has 0 radical (unpaired) electrons. The molecule has 7 nitrogen and oxygen atoms in total. The van der Waals surface area contributed by atoms with Crippen LogP contribution in [0.5, 0.6) is 0 Å². The Bertz CT molecular complexity index is 855. The zero-order valence-electron chi connectivity index (χ0n) is 16.5. The number of likely N-dealkylation sites (N-methyl/N-ethyl adjacent to an activating group) is 2. The zero-order valence-corrected chi connectivity index (χ0v) is 17.3. The highest BCUT2D eigenvalue weighted by atomic mass is 35.5. The third-order valence-corrected chi connectivity index (χ3v) is 4.36. The molecule has 2 rings (SSSR count). The van der Waals surface area contributed by atoms with Gasteiger partial charge in [-0.15, -0.1) is 0 Å². The van der Waals surface area contributed by atoms with Crippen molar-refractivity contribution in [2.75, 3.05) is 36.8 Å². The van der Waals surface area contributed by atoms with Crippen LogP contribution in [0.4, 0.5) is 11.4 Å². The van der Waals surface area contributed by atoms with E-state index in [1.54, 1.807) is 53.4 Å². The van der Waals surface area contributed by atoms with Crippen LogP contribution in [0, 0.1) is 0 Å². The summed E-state index contributed by atoms with van der Waals surface area (Å²) in [5, 5.41) is 8.82. The van der Waals surface area contributed by atoms with E-state index >= 15 is 0 Å². The molecule has 154 valence electrons. The molecule has 2 aromatic rings. The van der Waals surface area contributed by atoms with E-state index in [-0.39, 0.29) is 30.8 Å². The predicted molar refractivity (Wildman–Crippen MR) is 115 cm³/mol. The van der Waals surface area contributed by atoms with Gasteiger partial charge in [0.1, 0.15) is 0 Å².